The van der Waals surface area contributed by atoms with Crippen molar-refractivity contribution in [1.82, 2.24) is 5.06 Å². The lowest BCUT2D eigenvalue weighted by Crippen LogP contribution is -2.46. The first-order chi connectivity index (χ1) is 14.8. The van der Waals surface area contributed by atoms with E-state index >= 15 is 0 Å². The Kier molecular flexibility index (Phi) is 9.49. The summed E-state index contributed by atoms with van der Waals surface area (Å²) in [5, 5.41) is 10.9. The fourth-order valence-corrected chi connectivity index (χ4v) is 2.99. The maximum atomic E-state index is 12.6. The standard InChI is InChI=1S/C24H31NO6/c1-17(2)23(27)31-25(14-13-18-5-7-20(8-6-18)16-29-3)22(24(28)30-4)15-19-9-11-21(26)12-10-19/h5-12,17,22,26H,13-16H2,1-4H3/t22-/m0/s1. The van der Waals surface area contributed by atoms with Crippen LogP contribution in [0.1, 0.15) is 30.5 Å². The number of nitrogens with zero attached hydrogens (tertiary/aromatic N) is 1. The van der Waals surface area contributed by atoms with Crippen molar-refractivity contribution in [3.05, 3.63) is 65.2 Å². The summed E-state index contributed by atoms with van der Waals surface area (Å²) in [6, 6.07) is 13.7. The molecule has 2 aromatic rings. The third-order valence-electron chi connectivity index (χ3n) is 4.82. The second kappa shape index (κ2) is 12.1. The highest BCUT2D eigenvalue weighted by Crippen LogP contribution is 2.17. The zero-order chi connectivity index (χ0) is 22.8. The lowest BCUT2D eigenvalue weighted by atomic mass is 10.0. The van der Waals surface area contributed by atoms with Gasteiger partial charge in [-0.2, -0.15) is 0 Å². The number of aromatic hydroxyl groups is 1. The number of esters is 1. The number of phenols is 1. The third-order valence-corrected chi connectivity index (χ3v) is 4.82. The number of hydrogen-bond donors (Lipinski definition) is 1. The number of hydrogen-bond acceptors (Lipinski definition) is 7. The summed E-state index contributed by atoms with van der Waals surface area (Å²) in [6.45, 7) is 4.33. The summed E-state index contributed by atoms with van der Waals surface area (Å²) in [5.74, 6) is -1.13. The second-order valence-corrected chi connectivity index (χ2v) is 7.61. The summed E-state index contributed by atoms with van der Waals surface area (Å²) < 4.78 is 10.1. The van der Waals surface area contributed by atoms with Gasteiger partial charge in [0.1, 0.15) is 11.8 Å². The molecule has 0 aromatic heterocycles. The van der Waals surface area contributed by atoms with E-state index < -0.39 is 18.0 Å². The van der Waals surface area contributed by atoms with E-state index in [4.69, 9.17) is 14.3 Å². The molecule has 0 saturated carbocycles. The minimum atomic E-state index is -0.815. The molecule has 0 heterocycles. The molecule has 0 aliphatic rings. The lowest BCUT2D eigenvalue weighted by molar-refractivity contribution is -0.210. The van der Waals surface area contributed by atoms with Crippen molar-refractivity contribution in [2.24, 2.45) is 5.92 Å². The molecule has 31 heavy (non-hydrogen) atoms. The maximum Gasteiger partial charge on any atom is 0.327 e. The van der Waals surface area contributed by atoms with Crippen LogP contribution in [0.15, 0.2) is 48.5 Å². The molecule has 7 nitrogen and oxygen atoms in total. The number of methoxy groups -OCH3 is 2. The molecule has 1 atom stereocenters. The van der Waals surface area contributed by atoms with Crippen molar-refractivity contribution in [2.75, 3.05) is 20.8 Å². The Morgan fingerprint density at radius 3 is 2.03 bits per heavy atom. The van der Waals surface area contributed by atoms with Gasteiger partial charge >= 0.3 is 11.9 Å². The van der Waals surface area contributed by atoms with Crippen LogP contribution >= 0.6 is 0 Å². The molecule has 0 saturated heterocycles. The van der Waals surface area contributed by atoms with E-state index in [0.29, 0.717) is 19.6 Å². The van der Waals surface area contributed by atoms with E-state index in [-0.39, 0.29) is 18.1 Å². The Morgan fingerprint density at radius 2 is 1.48 bits per heavy atom. The van der Waals surface area contributed by atoms with Gasteiger partial charge in [0, 0.05) is 20.1 Å². The quantitative estimate of drug-likeness (QED) is 0.433. The molecule has 0 bridgehead atoms. The molecule has 2 rings (SSSR count). The van der Waals surface area contributed by atoms with Gasteiger partial charge in [-0.1, -0.05) is 50.2 Å². The van der Waals surface area contributed by atoms with Crippen LogP contribution in [0.2, 0.25) is 0 Å². The smallest absolute Gasteiger partial charge is 0.327 e. The first-order valence-electron chi connectivity index (χ1n) is 10.2. The van der Waals surface area contributed by atoms with Gasteiger partial charge in [-0.25, -0.2) is 0 Å². The Bertz CT molecular complexity index is 832. The lowest BCUT2D eigenvalue weighted by Gasteiger charge is -2.29. The minimum Gasteiger partial charge on any atom is -0.508 e. The summed E-state index contributed by atoms with van der Waals surface area (Å²) >= 11 is 0. The molecule has 0 amide bonds. The molecule has 2 aromatic carbocycles. The van der Waals surface area contributed by atoms with Gasteiger partial charge in [-0.15, -0.1) is 5.06 Å². The number of carbonyl (C=O) groups is 2. The number of rotatable bonds is 11. The molecule has 0 aliphatic heterocycles. The van der Waals surface area contributed by atoms with Crippen LogP contribution in [0.4, 0.5) is 0 Å². The monoisotopic (exact) mass is 429 g/mol. The molecule has 0 spiro atoms. The minimum absolute atomic E-state index is 0.137. The Labute approximate surface area is 183 Å². The van der Waals surface area contributed by atoms with E-state index in [2.05, 4.69) is 0 Å². The largest absolute Gasteiger partial charge is 0.508 e. The summed E-state index contributed by atoms with van der Waals surface area (Å²) in [4.78, 5) is 30.5. The number of benzene rings is 2. The number of carbonyl (C=O) groups excluding carboxylic acids is 2. The summed E-state index contributed by atoms with van der Waals surface area (Å²) in [5.41, 5.74) is 2.91. The van der Waals surface area contributed by atoms with Gasteiger partial charge in [0.05, 0.1) is 19.6 Å². The number of ether oxygens (including phenoxy) is 2. The fourth-order valence-electron chi connectivity index (χ4n) is 2.99. The zero-order valence-electron chi connectivity index (χ0n) is 18.5. The van der Waals surface area contributed by atoms with Crippen LogP contribution in [-0.4, -0.2) is 48.9 Å². The fraction of sp³-hybridized carbons (Fsp3) is 0.417. The van der Waals surface area contributed by atoms with Crippen molar-refractivity contribution in [3.63, 3.8) is 0 Å². The average molecular weight is 430 g/mol. The Morgan fingerprint density at radius 1 is 0.903 bits per heavy atom. The third kappa shape index (κ3) is 7.70. The molecule has 0 unspecified atom stereocenters. The van der Waals surface area contributed by atoms with Crippen LogP contribution in [0.5, 0.6) is 5.75 Å². The van der Waals surface area contributed by atoms with Gasteiger partial charge < -0.3 is 19.4 Å². The van der Waals surface area contributed by atoms with Gasteiger partial charge in [-0.3, -0.25) is 9.59 Å². The number of phenolic OH excluding ortho intramolecular Hbond substituents is 1. The van der Waals surface area contributed by atoms with Crippen LogP contribution in [0.25, 0.3) is 0 Å². The van der Waals surface area contributed by atoms with E-state index in [1.54, 1.807) is 45.2 Å². The van der Waals surface area contributed by atoms with Crippen LogP contribution in [0.3, 0.4) is 0 Å². The molecule has 0 aliphatic carbocycles. The van der Waals surface area contributed by atoms with Crippen molar-refractivity contribution in [2.45, 2.75) is 39.3 Å². The van der Waals surface area contributed by atoms with Crippen molar-refractivity contribution in [3.8, 4) is 5.75 Å². The zero-order valence-corrected chi connectivity index (χ0v) is 18.5. The molecular weight excluding hydrogens is 398 g/mol. The highest BCUT2D eigenvalue weighted by Gasteiger charge is 2.31. The highest BCUT2D eigenvalue weighted by atomic mass is 16.7. The topological polar surface area (TPSA) is 85.3 Å². The van der Waals surface area contributed by atoms with E-state index in [0.717, 1.165) is 16.7 Å². The van der Waals surface area contributed by atoms with Crippen molar-refractivity contribution >= 4 is 11.9 Å². The average Bonchev–Trinajstić information content (AvgIpc) is 2.76. The van der Waals surface area contributed by atoms with Gasteiger partial charge in [0.15, 0.2) is 0 Å². The Balaban J connectivity index is 2.21. The van der Waals surface area contributed by atoms with Crippen molar-refractivity contribution in [1.29, 1.82) is 0 Å². The molecule has 168 valence electrons. The van der Waals surface area contributed by atoms with E-state index in [9.17, 15) is 14.7 Å². The van der Waals surface area contributed by atoms with Crippen molar-refractivity contribution < 1.29 is 29.0 Å². The molecule has 7 heteroatoms. The first-order valence-corrected chi connectivity index (χ1v) is 10.2. The SMILES string of the molecule is COCc1ccc(CCN(OC(=O)C(C)C)[C@@H](Cc2ccc(O)cc2)C(=O)OC)cc1. The molecule has 0 radical (unpaired) electrons. The van der Waals surface area contributed by atoms with Crippen LogP contribution in [-0.2, 0) is 43.3 Å². The van der Waals surface area contributed by atoms with Gasteiger partial charge in [-0.05, 0) is 35.2 Å². The van der Waals surface area contributed by atoms with E-state index in [1.165, 1.54) is 12.2 Å². The predicted octanol–water partition coefficient (Wildman–Crippen LogP) is 3.28. The predicted molar refractivity (Wildman–Crippen MR) is 116 cm³/mol. The normalized spacial score (nSPS) is 12.1. The maximum absolute atomic E-state index is 12.6. The molecule has 1 N–H and O–H groups in total. The molecule has 0 fully saturated rings. The molecular formula is C24H31NO6. The van der Waals surface area contributed by atoms with Crippen LogP contribution < -0.4 is 0 Å². The van der Waals surface area contributed by atoms with Gasteiger partial charge in [0.25, 0.3) is 0 Å². The van der Waals surface area contributed by atoms with Gasteiger partial charge in [0.2, 0.25) is 0 Å². The van der Waals surface area contributed by atoms with Crippen LogP contribution in [0, 0.1) is 5.92 Å². The van der Waals surface area contributed by atoms with E-state index in [1.807, 2.05) is 24.3 Å². The highest BCUT2D eigenvalue weighted by molar-refractivity contribution is 5.77. The summed E-state index contributed by atoms with van der Waals surface area (Å²) in [7, 11) is 2.96. The first kappa shape index (κ1) is 24.4. The summed E-state index contributed by atoms with van der Waals surface area (Å²) in [6.07, 6.45) is 0.840. The second-order valence-electron chi connectivity index (χ2n) is 7.61. The Hall–Kier alpha value is -2.90. The number of hydroxylamine groups is 2.